The van der Waals surface area contributed by atoms with Gasteiger partial charge in [0.2, 0.25) is 0 Å². The van der Waals surface area contributed by atoms with E-state index in [1.54, 1.807) is 18.2 Å². The van der Waals surface area contributed by atoms with Gasteiger partial charge >= 0.3 is 6.18 Å². The third-order valence-electron chi connectivity index (χ3n) is 3.99. The monoisotopic (exact) mass is 317 g/mol. The number of hydrogen-bond acceptors (Lipinski definition) is 3. The number of nitrogens with zero attached hydrogens (tertiary/aromatic N) is 1. The molecule has 0 radical (unpaired) electrons. The summed E-state index contributed by atoms with van der Waals surface area (Å²) in [6.45, 7) is -0.201. The van der Waals surface area contributed by atoms with Crippen molar-refractivity contribution in [2.75, 3.05) is 13.1 Å². The van der Waals surface area contributed by atoms with Gasteiger partial charge in [0.05, 0.1) is 6.61 Å². The molecule has 1 saturated heterocycles. The van der Waals surface area contributed by atoms with Crippen LogP contribution in [0.25, 0.3) is 0 Å². The van der Waals surface area contributed by atoms with Gasteiger partial charge in [0.25, 0.3) is 5.91 Å². The number of halogens is 3. The molecule has 4 nitrogen and oxygen atoms in total. The van der Waals surface area contributed by atoms with Crippen LogP contribution in [0.5, 0.6) is 0 Å². The highest BCUT2D eigenvalue weighted by Crippen LogP contribution is 2.38. The average Bonchev–Trinajstić information content (AvgIpc) is 2.69. The second-order valence-corrected chi connectivity index (χ2v) is 5.53. The summed E-state index contributed by atoms with van der Waals surface area (Å²) >= 11 is 0. The fourth-order valence-electron chi connectivity index (χ4n) is 2.59. The lowest BCUT2D eigenvalue weighted by Crippen LogP contribution is -2.46. The Morgan fingerprint density at radius 3 is 2.64 bits per heavy atom. The maximum atomic E-state index is 12.9. The van der Waals surface area contributed by atoms with Gasteiger partial charge in [0, 0.05) is 25.1 Å². The molecule has 1 aromatic rings. The number of aliphatic hydroxyl groups excluding tert-OH is 1. The molecule has 1 fully saturated rings. The van der Waals surface area contributed by atoms with Crippen LogP contribution < -0.4 is 0 Å². The molecule has 0 spiro atoms. The molecule has 22 heavy (non-hydrogen) atoms. The minimum Gasteiger partial charge on any atom is -0.392 e. The first kappa shape index (κ1) is 16.8. The highest BCUT2D eigenvalue weighted by molar-refractivity contribution is 5.94. The molecule has 122 valence electrons. The van der Waals surface area contributed by atoms with Gasteiger partial charge in [0.1, 0.15) is 0 Å². The molecule has 1 aromatic carbocycles. The quantitative estimate of drug-likeness (QED) is 0.878. The van der Waals surface area contributed by atoms with Crippen molar-refractivity contribution < 1.29 is 28.2 Å². The molecule has 0 saturated carbocycles. The molecular weight excluding hydrogens is 299 g/mol. The molecule has 2 N–H and O–H groups in total. The SMILES string of the molecule is O=C(c1cccc(CO)c1)N1CCCC(O)(C(F)(F)F)CC1. The second kappa shape index (κ2) is 6.26. The summed E-state index contributed by atoms with van der Waals surface area (Å²) in [5, 5.41) is 18.8. The minimum absolute atomic E-state index is 0.0848. The van der Waals surface area contributed by atoms with Gasteiger partial charge < -0.3 is 15.1 Å². The van der Waals surface area contributed by atoms with Crippen LogP contribution >= 0.6 is 0 Å². The van der Waals surface area contributed by atoms with Crippen molar-refractivity contribution in [3.63, 3.8) is 0 Å². The third kappa shape index (κ3) is 3.41. The highest BCUT2D eigenvalue weighted by atomic mass is 19.4. The van der Waals surface area contributed by atoms with Crippen molar-refractivity contribution in [1.29, 1.82) is 0 Å². The van der Waals surface area contributed by atoms with E-state index in [0.29, 0.717) is 11.1 Å². The number of carbonyl (C=O) groups is 1. The summed E-state index contributed by atoms with van der Waals surface area (Å²) in [6.07, 6.45) is -5.54. The molecule has 1 heterocycles. The van der Waals surface area contributed by atoms with Gasteiger partial charge in [-0.25, -0.2) is 0 Å². The Balaban J connectivity index is 2.12. The molecule has 2 rings (SSSR count). The average molecular weight is 317 g/mol. The first-order valence-electron chi connectivity index (χ1n) is 7.05. The zero-order chi connectivity index (χ0) is 16.4. The van der Waals surface area contributed by atoms with Crippen molar-refractivity contribution in [3.8, 4) is 0 Å². The number of hydrogen-bond donors (Lipinski definition) is 2. The van der Waals surface area contributed by atoms with Crippen molar-refractivity contribution in [2.45, 2.75) is 37.6 Å². The van der Waals surface area contributed by atoms with Crippen LogP contribution in [0.3, 0.4) is 0 Å². The van der Waals surface area contributed by atoms with Crippen molar-refractivity contribution in [3.05, 3.63) is 35.4 Å². The topological polar surface area (TPSA) is 60.8 Å². The van der Waals surface area contributed by atoms with Gasteiger partial charge in [-0.2, -0.15) is 13.2 Å². The normalized spacial score (nSPS) is 23.2. The first-order chi connectivity index (χ1) is 10.3. The van der Waals surface area contributed by atoms with E-state index in [2.05, 4.69) is 0 Å². The number of rotatable bonds is 2. The Morgan fingerprint density at radius 2 is 2.00 bits per heavy atom. The molecule has 7 heteroatoms. The highest BCUT2D eigenvalue weighted by Gasteiger charge is 2.53. The largest absolute Gasteiger partial charge is 0.417 e. The van der Waals surface area contributed by atoms with Crippen LogP contribution in [0.1, 0.15) is 35.2 Å². The summed E-state index contributed by atoms with van der Waals surface area (Å²) in [5.74, 6) is -0.387. The molecule has 1 atom stereocenters. The summed E-state index contributed by atoms with van der Waals surface area (Å²) < 4.78 is 38.6. The molecule has 0 aliphatic carbocycles. The van der Waals surface area contributed by atoms with E-state index in [9.17, 15) is 23.1 Å². The van der Waals surface area contributed by atoms with Crippen molar-refractivity contribution >= 4 is 5.91 Å². The minimum atomic E-state index is -4.69. The molecular formula is C15H18F3NO3. The Morgan fingerprint density at radius 1 is 1.27 bits per heavy atom. The number of likely N-dealkylation sites (tertiary alicyclic amines) is 1. The van der Waals surface area contributed by atoms with Crippen molar-refractivity contribution in [1.82, 2.24) is 4.90 Å². The Labute approximate surface area is 126 Å². The van der Waals surface area contributed by atoms with E-state index in [4.69, 9.17) is 5.11 Å². The van der Waals surface area contributed by atoms with Crippen LogP contribution in [-0.2, 0) is 6.61 Å². The molecule has 1 amide bonds. The summed E-state index contributed by atoms with van der Waals surface area (Å²) in [5.41, 5.74) is -1.84. The number of aliphatic hydroxyl groups is 2. The zero-order valence-corrected chi connectivity index (χ0v) is 11.9. The predicted molar refractivity (Wildman–Crippen MR) is 73.1 cm³/mol. The molecule has 0 aromatic heterocycles. The fraction of sp³-hybridized carbons (Fsp3) is 0.533. The third-order valence-corrected chi connectivity index (χ3v) is 3.99. The van der Waals surface area contributed by atoms with Gasteiger partial charge in [-0.15, -0.1) is 0 Å². The van der Waals surface area contributed by atoms with E-state index in [0.717, 1.165) is 0 Å². The summed E-state index contributed by atoms with van der Waals surface area (Å²) in [4.78, 5) is 13.7. The Bertz CT molecular complexity index is 547. The van der Waals surface area contributed by atoms with Crippen LogP contribution in [-0.4, -0.2) is 45.9 Å². The maximum Gasteiger partial charge on any atom is 0.417 e. The summed E-state index contributed by atoms with van der Waals surface area (Å²) in [7, 11) is 0. The number of amides is 1. The van der Waals surface area contributed by atoms with E-state index in [1.807, 2.05) is 0 Å². The van der Waals surface area contributed by atoms with E-state index < -0.39 is 24.6 Å². The van der Waals surface area contributed by atoms with E-state index >= 15 is 0 Å². The molecule has 1 aliphatic heterocycles. The molecule has 1 unspecified atom stereocenters. The first-order valence-corrected chi connectivity index (χ1v) is 7.05. The van der Waals surface area contributed by atoms with Gasteiger partial charge in [-0.05, 0) is 30.5 Å². The van der Waals surface area contributed by atoms with E-state index in [-0.39, 0.29) is 32.0 Å². The van der Waals surface area contributed by atoms with Crippen molar-refractivity contribution in [2.24, 2.45) is 0 Å². The van der Waals surface area contributed by atoms with Crippen LogP contribution in [0, 0.1) is 0 Å². The number of benzene rings is 1. The lowest BCUT2D eigenvalue weighted by molar-refractivity contribution is -0.263. The van der Waals surface area contributed by atoms with E-state index in [1.165, 1.54) is 11.0 Å². The Hall–Kier alpha value is -1.60. The number of carbonyl (C=O) groups excluding carboxylic acids is 1. The molecule has 1 aliphatic rings. The summed E-state index contributed by atoms with van der Waals surface area (Å²) in [6, 6.07) is 6.34. The van der Waals surface area contributed by atoms with Gasteiger partial charge in [-0.1, -0.05) is 12.1 Å². The lowest BCUT2D eigenvalue weighted by atomic mass is 9.94. The standard InChI is InChI=1S/C15H18F3NO3/c16-15(17,18)14(22)5-2-7-19(8-6-14)13(21)12-4-1-3-11(9-12)10-20/h1,3-4,9,20,22H,2,5-8,10H2. The second-order valence-electron chi connectivity index (χ2n) is 5.53. The predicted octanol–water partition coefficient (Wildman–Crippen LogP) is 2.10. The molecule has 0 bridgehead atoms. The maximum absolute atomic E-state index is 12.9. The fourth-order valence-corrected chi connectivity index (χ4v) is 2.59. The van der Waals surface area contributed by atoms with Crippen LogP contribution in [0.15, 0.2) is 24.3 Å². The number of alkyl halides is 3. The van der Waals surface area contributed by atoms with Gasteiger partial charge in [-0.3, -0.25) is 4.79 Å². The smallest absolute Gasteiger partial charge is 0.392 e. The Kier molecular flexibility index (Phi) is 4.77. The lowest BCUT2D eigenvalue weighted by Gasteiger charge is -2.29. The zero-order valence-electron chi connectivity index (χ0n) is 11.9. The van der Waals surface area contributed by atoms with Gasteiger partial charge in [0.15, 0.2) is 5.60 Å². The van der Waals surface area contributed by atoms with Crippen LogP contribution in [0.4, 0.5) is 13.2 Å². The van der Waals surface area contributed by atoms with Crippen LogP contribution in [0.2, 0.25) is 0 Å².